The predicted molar refractivity (Wildman–Crippen MR) is 72.1 cm³/mol. The molecule has 2 aromatic rings. The van der Waals surface area contributed by atoms with Gasteiger partial charge in [-0.3, -0.25) is 0 Å². The summed E-state index contributed by atoms with van der Waals surface area (Å²) in [6.07, 6.45) is 3.51. The summed E-state index contributed by atoms with van der Waals surface area (Å²) in [4.78, 5) is 8.34. The molecule has 0 saturated heterocycles. The Bertz CT molecular complexity index is 474. The molecule has 0 unspecified atom stereocenters. The Balaban J connectivity index is 1.84. The Labute approximate surface area is 112 Å². The first-order chi connectivity index (χ1) is 9.38. The molecule has 5 heteroatoms. The Hall–Kier alpha value is -1.98. The average molecular weight is 259 g/mol. The second-order valence-corrected chi connectivity index (χ2v) is 3.96. The number of ether oxygens (including phenoxy) is 2. The highest BCUT2D eigenvalue weighted by atomic mass is 16.5. The monoisotopic (exact) mass is 259 g/mol. The van der Waals surface area contributed by atoms with E-state index < -0.39 is 0 Å². The van der Waals surface area contributed by atoms with Crippen molar-refractivity contribution in [2.75, 3.05) is 20.3 Å². The molecule has 0 saturated carbocycles. The van der Waals surface area contributed by atoms with Gasteiger partial charge in [-0.2, -0.15) is 0 Å². The molecular formula is C14H17N3O2. The van der Waals surface area contributed by atoms with Gasteiger partial charge in [0.05, 0.1) is 6.61 Å². The van der Waals surface area contributed by atoms with Crippen molar-refractivity contribution in [3.05, 3.63) is 48.3 Å². The highest BCUT2D eigenvalue weighted by Crippen LogP contribution is 2.15. The van der Waals surface area contributed by atoms with Gasteiger partial charge in [0.2, 0.25) is 0 Å². The molecule has 1 aromatic carbocycles. The Kier molecular flexibility index (Phi) is 5.28. The normalized spacial score (nSPS) is 10.4. The maximum atomic E-state index is 5.51. The largest absolute Gasteiger partial charge is 0.424 e. The highest BCUT2D eigenvalue weighted by molar-refractivity contribution is 5.24. The van der Waals surface area contributed by atoms with Crippen LogP contribution in [0.1, 0.15) is 5.56 Å². The molecule has 0 aliphatic heterocycles. The number of rotatable bonds is 7. The van der Waals surface area contributed by atoms with Crippen LogP contribution in [0.4, 0.5) is 0 Å². The molecule has 0 amide bonds. The zero-order valence-electron chi connectivity index (χ0n) is 10.9. The summed E-state index contributed by atoms with van der Waals surface area (Å²) in [5, 5.41) is 3.23. The number of nitrogens with one attached hydrogen (secondary N) is 1. The number of hydrogen-bond acceptors (Lipinski definition) is 5. The van der Waals surface area contributed by atoms with E-state index in [0.29, 0.717) is 12.6 Å². The number of methoxy groups -OCH3 is 1. The number of para-hydroxylation sites is 1. The standard InChI is InChI=1S/C14H17N3O2/c1-18-8-7-15-9-12-10-16-14(17-11-12)19-13-5-3-2-4-6-13/h2-6,10-11,15H,7-9H2,1H3. The van der Waals surface area contributed by atoms with Crippen molar-refractivity contribution >= 4 is 0 Å². The van der Waals surface area contributed by atoms with Crippen molar-refractivity contribution in [1.82, 2.24) is 15.3 Å². The lowest BCUT2D eigenvalue weighted by molar-refractivity contribution is 0.199. The lowest BCUT2D eigenvalue weighted by atomic mass is 10.3. The molecule has 0 aliphatic carbocycles. The van der Waals surface area contributed by atoms with Gasteiger partial charge in [0.15, 0.2) is 0 Å². The van der Waals surface area contributed by atoms with Crippen molar-refractivity contribution in [3.8, 4) is 11.8 Å². The van der Waals surface area contributed by atoms with Crippen molar-refractivity contribution < 1.29 is 9.47 Å². The molecule has 19 heavy (non-hydrogen) atoms. The molecule has 1 heterocycles. The van der Waals surface area contributed by atoms with Crippen LogP contribution in [0, 0.1) is 0 Å². The predicted octanol–water partition coefficient (Wildman–Crippen LogP) is 2.00. The molecule has 0 atom stereocenters. The van der Waals surface area contributed by atoms with Crippen LogP contribution in [0.5, 0.6) is 11.8 Å². The smallest absolute Gasteiger partial charge is 0.321 e. The van der Waals surface area contributed by atoms with Crippen molar-refractivity contribution in [3.63, 3.8) is 0 Å². The minimum atomic E-state index is 0.354. The molecule has 0 radical (unpaired) electrons. The van der Waals surface area contributed by atoms with Crippen molar-refractivity contribution in [1.29, 1.82) is 0 Å². The first-order valence-electron chi connectivity index (χ1n) is 6.12. The molecular weight excluding hydrogens is 242 g/mol. The quantitative estimate of drug-likeness (QED) is 0.771. The fourth-order valence-electron chi connectivity index (χ4n) is 1.49. The fraction of sp³-hybridized carbons (Fsp3) is 0.286. The van der Waals surface area contributed by atoms with E-state index >= 15 is 0 Å². The van der Waals surface area contributed by atoms with E-state index in [1.165, 1.54) is 0 Å². The summed E-state index contributed by atoms with van der Waals surface area (Å²) in [5.41, 5.74) is 1.01. The molecule has 0 fully saturated rings. The van der Waals surface area contributed by atoms with E-state index in [1.807, 2.05) is 30.3 Å². The van der Waals surface area contributed by atoms with Gasteiger partial charge in [-0.25, -0.2) is 9.97 Å². The maximum Gasteiger partial charge on any atom is 0.321 e. The summed E-state index contributed by atoms with van der Waals surface area (Å²) in [7, 11) is 1.68. The number of nitrogens with zero attached hydrogens (tertiary/aromatic N) is 2. The third-order valence-corrected chi connectivity index (χ3v) is 2.45. The van der Waals surface area contributed by atoms with E-state index in [2.05, 4.69) is 15.3 Å². The van der Waals surface area contributed by atoms with Crippen LogP contribution in [0.25, 0.3) is 0 Å². The molecule has 0 bridgehead atoms. The SMILES string of the molecule is COCCNCc1cnc(Oc2ccccc2)nc1. The molecule has 1 N–H and O–H groups in total. The van der Waals surface area contributed by atoms with E-state index in [-0.39, 0.29) is 0 Å². The van der Waals surface area contributed by atoms with Crippen molar-refractivity contribution in [2.24, 2.45) is 0 Å². The second kappa shape index (κ2) is 7.45. The van der Waals surface area contributed by atoms with Crippen LogP contribution in [-0.2, 0) is 11.3 Å². The number of aromatic nitrogens is 2. The molecule has 100 valence electrons. The Morgan fingerprint density at radius 1 is 1.11 bits per heavy atom. The third-order valence-electron chi connectivity index (χ3n) is 2.45. The zero-order valence-corrected chi connectivity index (χ0v) is 10.9. The fourth-order valence-corrected chi connectivity index (χ4v) is 1.49. The second-order valence-electron chi connectivity index (χ2n) is 3.96. The topological polar surface area (TPSA) is 56.3 Å². The zero-order chi connectivity index (χ0) is 13.3. The minimum Gasteiger partial charge on any atom is -0.424 e. The van der Waals surface area contributed by atoms with Gasteiger partial charge in [0.1, 0.15) is 5.75 Å². The van der Waals surface area contributed by atoms with Crippen LogP contribution in [-0.4, -0.2) is 30.2 Å². The molecule has 0 aliphatic rings. The average Bonchev–Trinajstić information content (AvgIpc) is 2.46. The van der Waals surface area contributed by atoms with E-state index in [9.17, 15) is 0 Å². The van der Waals surface area contributed by atoms with Crippen molar-refractivity contribution in [2.45, 2.75) is 6.54 Å². The third kappa shape index (κ3) is 4.65. The van der Waals surface area contributed by atoms with Gasteiger partial charge in [-0.15, -0.1) is 0 Å². The summed E-state index contributed by atoms with van der Waals surface area (Å²) in [6.45, 7) is 2.21. The Morgan fingerprint density at radius 2 is 1.84 bits per heavy atom. The van der Waals surface area contributed by atoms with Crippen LogP contribution in [0.15, 0.2) is 42.7 Å². The van der Waals surface area contributed by atoms with Crippen LogP contribution in [0.3, 0.4) is 0 Å². The van der Waals surface area contributed by atoms with Gasteiger partial charge in [0, 0.05) is 38.2 Å². The molecule has 5 nitrogen and oxygen atoms in total. The van der Waals surface area contributed by atoms with Crippen LogP contribution < -0.4 is 10.1 Å². The van der Waals surface area contributed by atoms with Crippen LogP contribution >= 0.6 is 0 Å². The summed E-state index contributed by atoms with van der Waals surface area (Å²) in [6, 6.07) is 9.83. The van der Waals surface area contributed by atoms with Crippen LogP contribution in [0.2, 0.25) is 0 Å². The Morgan fingerprint density at radius 3 is 2.53 bits per heavy atom. The lowest BCUT2D eigenvalue weighted by Gasteiger charge is -2.05. The van der Waals surface area contributed by atoms with Gasteiger partial charge >= 0.3 is 6.01 Å². The van der Waals surface area contributed by atoms with E-state index in [1.54, 1.807) is 19.5 Å². The van der Waals surface area contributed by atoms with Gasteiger partial charge in [0.25, 0.3) is 0 Å². The van der Waals surface area contributed by atoms with E-state index in [4.69, 9.17) is 9.47 Å². The number of hydrogen-bond donors (Lipinski definition) is 1. The summed E-state index contributed by atoms with van der Waals surface area (Å²) >= 11 is 0. The molecule has 0 spiro atoms. The highest BCUT2D eigenvalue weighted by Gasteiger charge is 2.00. The lowest BCUT2D eigenvalue weighted by Crippen LogP contribution is -2.18. The summed E-state index contributed by atoms with van der Waals surface area (Å²) in [5.74, 6) is 0.730. The molecule has 2 rings (SSSR count). The molecule has 1 aromatic heterocycles. The first kappa shape index (κ1) is 13.5. The van der Waals surface area contributed by atoms with Gasteiger partial charge < -0.3 is 14.8 Å². The van der Waals surface area contributed by atoms with Gasteiger partial charge in [-0.1, -0.05) is 18.2 Å². The minimum absolute atomic E-state index is 0.354. The maximum absolute atomic E-state index is 5.51. The summed E-state index contributed by atoms with van der Waals surface area (Å²) < 4.78 is 10.5. The first-order valence-corrected chi connectivity index (χ1v) is 6.12. The van der Waals surface area contributed by atoms with E-state index in [0.717, 1.165) is 24.4 Å². The number of benzene rings is 1. The van der Waals surface area contributed by atoms with Gasteiger partial charge in [-0.05, 0) is 12.1 Å².